The molecule has 0 saturated heterocycles. The van der Waals surface area contributed by atoms with E-state index in [9.17, 15) is 14.7 Å². The molecule has 2 aromatic heterocycles. The highest BCUT2D eigenvalue weighted by molar-refractivity contribution is 5.89. The third-order valence-corrected chi connectivity index (χ3v) is 6.18. The molecule has 0 spiro atoms. The van der Waals surface area contributed by atoms with Crippen molar-refractivity contribution in [3.63, 3.8) is 0 Å². The number of carbonyl (C=O) groups is 1. The number of hydrogen-bond donors (Lipinski definition) is 2. The van der Waals surface area contributed by atoms with Crippen molar-refractivity contribution in [2.45, 2.75) is 38.9 Å². The van der Waals surface area contributed by atoms with E-state index in [0.29, 0.717) is 25.1 Å². The fourth-order valence-electron chi connectivity index (χ4n) is 4.72. The lowest BCUT2D eigenvalue weighted by atomic mass is 9.88. The third-order valence-electron chi connectivity index (χ3n) is 6.18. The number of rotatable bonds is 3. The molecule has 1 aromatic carbocycles. The first-order valence-electron chi connectivity index (χ1n) is 10.2. The van der Waals surface area contributed by atoms with E-state index in [2.05, 4.69) is 5.32 Å². The summed E-state index contributed by atoms with van der Waals surface area (Å²) in [5.41, 5.74) is 5.57. The molecule has 7 nitrogen and oxygen atoms in total. The van der Waals surface area contributed by atoms with Crippen LogP contribution < -0.4 is 10.9 Å². The minimum absolute atomic E-state index is 0.0251. The number of fused-ring (bicyclic) bond motifs is 5. The van der Waals surface area contributed by atoms with Gasteiger partial charge in [0.15, 0.2) is 0 Å². The van der Waals surface area contributed by atoms with Crippen LogP contribution in [-0.2, 0) is 24.4 Å². The van der Waals surface area contributed by atoms with Gasteiger partial charge < -0.3 is 19.9 Å². The molecule has 2 aliphatic heterocycles. The van der Waals surface area contributed by atoms with Crippen LogP contribution >= 0.6 is 0 Å². The van der Waals surface area contributed by atoms with Gasteiger partial charge in [-0.05, 0) is 50.3 Å². The number of phenols is 1. The van der Waals surface area contributed by atoms with Crippen LogP contribution in [0.5, 0.6) is 5.75 Å². The second kappa shape index (κ2) is 6.67. The second-order valence-electron chi connectivity index (χ2n) is 8.40. The van der Waals surface area contributed by atoms with Gasteiger partial charge in [0.2, 0.25) is 5.91 Å². The molecule has 3 aromatic rings. The summed E-state index contributed by atoms with van der Waals surface area (Å²) in [6.07, 6.45) is 0.646. The summed E-state index contributed by atoms with van der Waals surface area (Å²) in [6, 6.07) is 7.51. The maximum absolute atomic E-state index is 13.2. The molecule has 0 aliphatic carbocycles. The van der Waals surface area contributed by atoms with E-state index in [-0.39, 0.29) is 29.7 Å². The van der Waals surface area contributed by atoms with Crippen LogP contribution in [0, 0.1) is 0 Å². The average Bonchev–Trinajstić information content (AvgIpc) is 3.07. The fraction of sp³-hybridized carbons (Fsp3) is 0.348. The summed E-state index contributed by atoms with van der Waals surface area (Å²) in [4.78, 5) is 32.4. The van der Waals surface area contributed by atoms with Gasteiger partial charge in [-0.1, -0.05) is 6.92 Å². The zero-order valence-corrected chi connectivity index (χ0v) is 17.3. The van der Waals surface area contributed by atoms with Gasteiger partial charge in [0, 0.05) is 35.2 Å². The number of aromatic hydroxyl groups is 1. The first-order chi connectivity index (χ1) is 14.4. The number of pyridine rings is 2. The number of carbonyl (C=O) groups excluding carboxylic acids is 1. The molecule has 1 amide bonds. The SMILES string of the molecule is CC[C@H]1C(=O)NCc2c1cc1n(c2=O)Cc2cc3c(CN(C)C)c(O)ccc3nc2-1. The molecule has 2 aliphatic rings. The van der Waals surface area contributed by atoms with E-state index in [1.54, 1.807) is 10.6 Å². The quantitative estimate of drug-likeness (QED) is 0.547. The lowest BCUT2D eigenvalue weighted by Crippen LogP contribution is -2.39. The number of nitrogens with one attached hydrogen (secondary N) is 1. The predicted molar refractivity (Wildman–Crippen MR) is 114 cm³/mol. The van der Waals surface area contributed by atoms with E-state index >= 15 is 0 Å². The highest BCUT2D eigenvalue weighted by Gasteiger charge is 2.32. The Labute approximate surface area is 174 Å². The number of benzene rings is 1. The van der Waals surface area contributed by atoms with Gasteiger partial charge in [-0.25, -0.2) is 4.98 Å². The van der Waals surface area contributed by atoms with Crippen molar-refractivity contribution < 1.29 is 9.90 Å². The van der Waals surface area contributed by atoms with E-state index < -0.39 is 0 Å². The average molecular weight is 404 g/mol. The molecular weight excluding hydrogens is 380 g/mol. The Morgan fingerprint density at radius 3 is 2.80 bits per heavy atom. The van der Waals surface area contributed by atoms with Crippen molar-refractivity contribution in [2.75, 3.05) is 14.1 Å². The zero-order chi connectivity index (χ0) is 21.2. The molecule has 0 bridgehead atoms. The lowest BCUT2D eigenvalue weighted by molar-refractivity contribution is -0.123. The van der Waals surface area contributed by atoms with E-state index in [1.165, 1.54) is 0 Å². The number of aromatic nitrogens is 2. The highest BCUT2D eigenvalue weighted by Crippen LogP contribution is 2.37. The van der Waals surface area contributed by atoms with E-state index in [0.717, 1.165) is 39.0 Å². The number of nitrogens with zero attached hydrogens (tertiary/aromatic N) is 3. The van der Waals surface area contributed by atoms with Crippen LogP contribution in [0.25, 0.3) is 22.3 Å². The van der Waals surface area contributed by atoms with Gasteiger partial charge in [-0.2, -0.15) is 0 Å². The van der Waals surface area contributed by atoms with Crippen molar-refractivity contribution in [3.8, 4) is 17.1 Å². The topological polar surface area (TPSA) is 87.5 Å². The molecule has 2 N–H and O–H groups in total. The molecule has 0 saturated carbocycles. The minimum Gasteiger partial charge on any atom is -0.508 e. The fourth-order valence-corrected chi connectivity index (χ4v) is 4.72. The summed E-state index contributed by atoms with van der Waals surface area (Å²) in [6.45, 7) is 3.28. The maximum Gasteiger partial charge on any atom is 0.256 e. The molecule has 30 heavy (non-hydrogen) atoms. The molecule has 4 heterocycles. The number of amides is 1. The summed E-state index contributed by atoms with van der Waals surface area (Å²) >= 11 is 0. The molecule has 1 atom stereocenters. The number of hydrogen-bond acceptors (Lipinski definition) is 5. The maximum atomic E-state index is 13.2. The van der Waals surface area contributed by atoms with Gasteiger partial charge in [0.05, 0.1) is 29.4 Å². The summed E-state index contributed by atoms with van der Waals surface area (Å²) in [7, 11) is 3.91. The highest BCUT2D eigenvalue weighted by atomic mass is 16.3. The minimum atomic E-state index is -0.305. The molecule has 7 heteroatoms. The first kappa shape index (κ1) is 18.8. The van der Waals surface area contributed by atoms with E-state index in [4.69, 9.17) is 4.98 Å². The smallest absolute Gasteiger partial charge is 0.256 e. The molecule has 5 rings (SSSR count). The third kappa shape index (κ3) is 2.65. The Bertz CT molecular complexity index is 1280. The van der Waals surface area contributed by atoms with Gasteiger partial charge in [-0.3, -0.25) is 9.59 Å². The molecule has 0 fully saturated rings. The van der Waals surface area contributed by atoms with Crippen molar-refractivity contribution in [3.05, 3.63) is 56.9 Å². The Morgan fingerprint density at radius 1 is 1.27 bits per heavy atom. The standard InChI is InChI=1S/C23H24N4O3/c1-4-13-14-8-19-21-12(10-27(19)23(30)16(14)9-24-22(13)29)7-15-17(11-26(2)3)20(28)6-5-18(15)25-21/h5-8,13,28H,4,9-11H2,1-3H3,(H,24,29)/t13-/m1/s1. The number of phenolic OH excluding ortho intramolecular Hbond substituents is 1. The predicted octanol–water partition coefficient (Wildman–Crippen LogP) is 2.32. The van der Waals surface area contributed by atoms with Crippen LogP contribution in [0.1, 0.15) is 41.5 Å². The summed E-state index contributed by atoms with van der Waals surface area (Å²) < 4.78 is 1.76. The monoisotopic (exact) mass is 404 g/mol. The largest absolute Gasteiger partial charge is 0.508 e. The van der Waals surface area contributed by atoms with Gasteiger partial charge >= 0.3 is 0 Å². The molecule has 0 radical (unpaired) electrons. The van der Waals surface area contributed by atoms with Gasteiger partial charge in [-0.15, -0.1) is 0 Å². The van der Waals surface area contributed by atoms with E-state index in [1.807, 2.05) is 44.1 Å². The van der Waals surface area contributed by atoms with Crippen molar-refractivity contribution in [2.24, 2.45) is 0 Å². The van der Waals surface area contributed by atoms with Gasteiger partial charge in [0.25, 0.3) is 5.56 Å². The van der Waals surface area contributed by atoms with Crippen molar-refractivity contribution in [1.29, 1.82) is 0 Å². The Hall–Kier alpha value is -3.19. The molecule has 0 unspecified atom stereocenters. The summed E-state index contributed by atoms with van der Waals surface area (Å²) in [5.74, 6) is -0.0835. The molecular formula is C23H24N4O3. The van der Waals surface area contributed by atoms with Crippen molar-refractivity contribution >= 4 is 16.8 Å². The molecule has 154 valence electrons. The van der Waals surface area contributed by atoms with Crippen LogP contribution in [0.4, 0.5) is 0 Å². The lowest BCUT2D eigenvalue weighted by Gasteiger charge is -2.25. The van der Waals surface area contributed by atoms with Crippen LogP contribution in [0.15, 0.2) is 29.1 Å². The van der Waals surface area contributed by atoms with Gasteiger partial charge in [0.1, 0.15) is 5.75 Å². The van der Waals surface area contributed by atoms with Crippen LogP contribution in [0.3, 0.4) is 0 Å². The van der Waals surface area contributed by atoms with Crippen molar-refractivity contribution in [1.82, 2.24) is 19.8 Å². The first-order valence-corrected chi connectivity index (χ1v) is 10.2. The van der Waals surface area contributed by atoms with Crippen LogP contribution in [0.2, 0.25) is 0 Å². The Morgan fingerprint density at radius 2 is 2.07 bits per heavy atom. The van der Waals surface area contributed by atoms with Crippen LogP contribution in [-0.4, -0.2) is 39.6 Å². The summed E-state index contributed by atoms with van der Waals surface area (Å²) in [5, 5.41) is 14.1. The normalized spacial score (nSPS) is 17.1. The Balaban J connectivity index is 1.73. The zero-order valence-electron chi connectivity index (χ0n) is 17.3. The Kier molecular flexibility index (Phi) is 4.18. The second-order valence-corrected chi connectivity index (χ2v) is 8.40.